The van der Waals surface area contributed by atoms with E-state index in [0.29, 0.717) is 28.9 Å². The van der Waals surface area contributed by atoms with Crippen LogP contribution in [0.1, 0.15) is 24.0 Å². The van der Waals surface area contributed by atoms with Gasteiger partial charge in [-0.3, -0.25) is 9.59 Å². The molecule has 0 fully saturated rings. The Labute approximate surface area is 205 Å². The van der Waals surface area contributed by atoms with Crippen molar-refractivity contribution >= 4 is 40.1 Å². The molecule has 2 N–H and O–H groups in total. The highest BCUT2D eigenvalue weighted by Crippen LogP contribution is 2.38. The van der Waals surface area contributed by atoms with E-state index in [-0.39, 0.29) is 11.8 Å². The number of amides is 2. The Kier molecular flexibility index (Phi) is 7.27. The molecule has 4 rings (SSSR count). The SMILES string of the molecule is CN(C)CCCC(=O)N(C)c1ccc(N/C(=C2\C(=O)Nc3cc(F)ccc32)c2ccccc2)cc1. The van der Waals surface area contributed by atoms with Gasteiger partial charge in [0.05, 0.1) is 17.0 Å². The molecule has 0 unspecified atom stereocenters. The van der Waals surface area contributed by atoms with Crippen molar-refractivity contribution in [2.24, 2.45) is 0 Å². The van der Waals surface area contributed by atoms with Crippen LogP contribution in [0.15, 0.2) is 72.8 Å². The second-order valence-corrected chi connectivity index (χ2v) is 8.79. The lowest BCUT2D eigenvalue weighted by Crippen LogP contribution is -2.27. The lowest BCUT2D eigenvalue weighted by molar-refractivity contribution is -0.118. The maximum Gasteiger partial charge on any atom is 0.258 e. The molecule has 0 atom stereocenters. The highest BCUT2D eigenvalue weighted by Gasteiger charge is 2.28. The molecular weight excluding hydrogens is 443 g/mol. The van der Waals surface area contributed by atoms with Gasteiger partial charge in [0.15, 0.2) is 0 Å². The van der Waals surface area contributed by atoms with Crippen LogP contribution in [0.25, 0.3) is 11.3 Å². The molecule has 0 bridgehead atoms. The summed E-state index contributed by atoms with van der Waals surface area (Å²) in [4.78, 5) is 29.2. The molecular formula is C28H29FN4O2. The second-order valence-electron chi connectivity index (χ2n) is 8.79. The number of hydrogen-bond donors (Lipinski definition) is 2. The number of carbonyl (C=O) groups is 2. The number of halogens is 1. The molecule has 2 amide bonds. The van der Waals surface area contributed by atoms with Crippen molar-refractivity contribution in [3.8, 4) is 0 Å². The topological polar surface area (TPSA) is 64.7 Å². The number of carbonyl (C=O) groups excluding carboxylic acids is 2. The number of nitrogens with one attached hydrogen (secondary N) is 2. The van der Waals surface area contributed by atoms with Gasteiger partial charge < -0.3 is 20.4 Å². The van der Waals surface area contributed by atoms with Gasteiger partial charge in [-0.25, -0.2) is 4.39 Å². The first kappa shape index (κ1) is 24.2. The minimum absolute atomic E-state index is 0.0612. The summed E-state index contributed by atoms with van der Waals surface area (Å²) in [5.41, 5.74) is 4.54. The Morgan fingerprint density at radius 2 is 1.69 bits per heavy atom. The summed E-state index contributed by atoms with van der Waals surface area (Å²) in [6, 6.07) is 21.3. The van der Waals surface area contributed by atoms with Crippen molar-refractivity contribution in [2.75, 3.05) is 43.2 Å². The molecule has 1 aliphatic heterocycles. The number of hydrogen-bond acceptors (Lipinski definition) is 4. The van der Waals surface area contributed by atoms with Gasteiger partial charge in [0, 0.05) is 30.4 Å². The van der Waals surface area contributed by atoms with E-state index in [1.165, 1.54) is 12.1 Å². The zero-order valence-electron chi connectivity index (χ0n) is 20.1. The van der Waals surface area contributed by atoms with E-state index in [2.05, 4.69) is 15.5 Å². The van der Waals surface area contributed by atoms with Crippen molar-refractivity contribution in [2.45, 2.75) is 12.8 Å². The van der Waals surface area contributed by atoms with Gasteiger partial charge in [-0.1, -0.05) is 30.3 Å². The Morgan fingerprint density at radius 1 is 0.971 bits per heavy atom. The van der Waals surface area contributed by atoms with E-state index in [4.69, 9.17) is 0 Å². The molecule has 6 nitrogen and oxygen atoms in total. The highest BCUT2D eigenvalue weighted by atomic mass is 19.1. The third-order valence-corrected chi connectivity index (χ3v) is 5.93. The highest BCUT2D eigenvalue weighted by molar-refractivity contribution is 6.37. The zero-order chi connectivity index (χ0) is 24.9. The second kappa shape index (κ2) is 10.5. The van der Waals surface area contributed by atoms with E-state index >= 15 is 0 Å². The van der Waals surface area contributed by atoms with Crippen LogP contribution in [0.2, 0.25) is 0 Å². The standard InChI is InChI=1S/C28H29FN4O2/c1-32(2)17-7-10-25(34)33(3)22-14-12-21(13-15-22)30-27(19-8-5-4-6-9-19)26-23-16-11-20(29)18-24(23)31-28(26)35/h4-6,8-9,11-16,18,30H,7,10,17H2,1-3H3,(H,31,35)/b27-26-. The van der Waals surface area contributed by atoms with Crippen LogP contribution in [0.5, 0.6) is 0 Å². The molecule has 180 valence electrons. The third kappa shape index (κ3) is 5.58. The maximum atomic E-state index is 13.7. The van der Waals surface area contributed by atoms with E-state index in [0.717, 1.165) is 29.9 Å². The summed E-state index contributed by atoms with van der Waals surface area (Å²) < 4.78 is 13.7. The van der Waals surface area contributed by atoms with Crippen LogP contribution in [0.4, 0.5) is 21.5 Å². The van der Waals surface area contributed by atoms with Gasteiger partial charge in [-0.05, 0) is 75.1 Å². The molecule has 0 spiro atoms. The molecule has 7 heteroatoms. The summed E-state index contributed by atoms with van der Waals surface area (Å²) in [5.74, 6) is -0.641. The van der Waals surface area contributed by atoms with Crippen LogP contribution in [-0.4, -0.2) is 44.4 Å². The van der Waals surface area contributed by atoms with Gasteiger partial charge in [-0.15, -0.1) is 0 Å². The molecule has 1 heterocycles. The fourth-order valence-electron chi connectivity index (χ4n) is 4.05. The van der Waals surface area contributed by atoms with Crippen molar-refractivity contribution in [3.63, 3.8) is 0 Å². The predicted octanol–water partition coefficient (Wildman–Crippen LogP) is 5.06. The molecule has 3 aromatic rings. The van der Waals surface area contributed by atoms with Crippen LogP contribution >= 0.6 is 0 Å². The summed E-state index contributed by atoms with van der Waals surface area (Å²) >= 11 is 0. The third-order valence-electron chi connectivity index (χ3n) is 5.93. The fraction of sp³-hybridized carbons (Fsp3) is 0.214. The lowest BCUT2D eigenvalue weighted by Gasteiger charge is -2.19. The number of benzene rings is 3. The summed E-state index contributed by atoms with van der Waals surface area (Å²) in [7, 11) is 5.76. The van der Waals surface area contributed by atoms with Crippen molar-refractivity contribution in [1.82, 2.24) is 4.90 Å². The average Bonchev–Trinajstić information content (AvgIpc) is 3.17. The Hall–Kier alpha value is -3.97. The number of anilines is 3. The molecule has 0 aliphatic carbocycles. The van der Waals surface area contributed by atoms with Gasteiger partial charge in [0.2, 0.25) is 5.91 Å². The quantitative estimate of drug-likeness (QED) is 0.450. The lowest BCUT2D eigenvalue weighted by atomic mass is 10.00. The minimum Gasteiger partial charge on any atom is -0.354 e. The molecule has 0 radical (unpaired) electrons. The largest absolute Gasteiger partial charge is 0.354 e. The Morgan fingerprint density at radius 3 is 2.37 bits per heavy atom. The molecule has 0 aromatic heterocycles. The van der Waals surface area contributed by atoms with E-state index < -0.39 is 5.82 Å². The monoisotopic (exact) mass is 472 g/mol. The van der Waals surface area contributed by atoms with E-state index in [1.54, 1.807) is 18.0 Å². The maximum absolute atomic E-state index is 13.7. The van der Waals surface area contributed by atoms with E-state index in [1.807, 2.05) is 68.7 Å². The predicted molar refractivity (Wildman–Crippen MR) is 140 cm³/mol. The van der Waals surface area contributed by atoms with Gasteiger partial charge in [0.25, 0.3) is 5.91 Å². The van der Waals surface area contributed by atoms with Crippen LogP contribution in [0, 0.1) is 5.82 Å². The van der Waals surface area contributed by atoms with Gasteiger partial charge in [0.1, 0.15) is 5.82 Å². The molecule has 1 aliphatic rings. The van der Waals surface area contributed by atoms with Crippen LogP contribution in [-0.2, 0) is 9.59 Å². The average molecular weight is 473 g/mol. The first-order valence-electron chi connectivity index (χ1n) is 11.5. The number of nitrogens with zero attached hydrogens (tertiary/aromatic N) is 2. The van der Waals surface area contributed by atoms with Gasteiger partial charge >= 0.3 is 0 Å². The summed E-state index contributed by atoms with van der Waals surface area (Å²) in [5, 5.41) is 6.14. The van der Waals surface area contributed by atoms with Crippen LogP contribution < -0.4 is 15.5 Å². The number of fused-ring (bicyclic) bond motifs is 1. The summed E-state index contributed by atoms with van der Waals surface area (Å²) in [6.45, 7) is 0.864. The molecule has 0 saturated carbocycles. The zero-order valence-corrected chi connectivity index (χ0v) is 20.1. The smallest absolute Gasteiger partial charge is 0.258 e. The summed E-state index contributed by atoms with van der Waals surface area (Å²) in [6.07, 6.45) is 1.28. The van der Waals surface area contributed by atoms with Gasteiger partial charge in [-0.2, -0.15) is 0 Å². The normalized spacial score (nSPS) is 13.9. The first-order chi connectivity index (χ1) is 16.8. The van der Waals surface area contributed by atoms with Crippen LogP contribution in [0.3, 0.4) is 0 Å². The molecule has 35 heavy (non-hydrogen) atoms. The molecule has 3 aromatic carbocycles. The first-order valence-corrected chi connectivity index (χ1v) is 11.5. The van der Waals surface area contributed by atoms with E-state index in [9.17, 15) is 14.0 Å². The Bertz CT molecular complexity index is 1250. The molecule has 0 saturated heterocycles. The van der Waals surface area contributed by atoms with Crippen molar-refractivity contribution < 1.29 is 14.0 Å². The fourth-order valence-corrected chi connectivity index (χ4v) is 4.05. The number of rotatable bonds is 8. The minimum atomic E-state index is -0.407. The van der Waals surface area contributed by atoms with Crippen molar-refractivity contribution in [3.05, 3.63) is 89.7 Å². The van der Waals surface area contributed by atoms with Crippen molar-refractivity contribution in [1.29, 1.82) is 0 Å². The Balaban J connectivity index is 1.61.